The van der Waals surface area contributed by atoms with Crippen molar-refractivity contribution in [3.63, 3.8) is 0 Å². The zero-order valence-corrected chi connectivity index (χ0v) is 13.8. The first-order valence-corrected chi connectivity index (χ1v) is 7.47. The molecule has 1 saturated heterocycles. The van der Waals surface area contributed by atoms with Crippen molar-refractivity contribution in [3.05, 3.63) is 0 Å². The van der Waals surface area contributed by atoms with Crippen molar-refractivity contribution in [1.82, 2.24) is 0 Å². The summed E-state index contributed by atoms with van der Waals surface area (Å²) in [5, 5.41) is 0. The van der Waals surface area contributed by atoms with Gasteiger partial charge in [0.25, 0.3) is 0 Å². The molecule has 0 aromatic heterocycles. The van der Waals surface area contributed by atoms with Crippen molar-refractivity contribution >= 4 is 13.1 Å². The summed E-state index contributed by atoms with van der Waals surface area (Å²) in [5.74, 6) is 0.580. The fourth-order valence-corrected chi connectivity index (χ4v) is 2.26. The molecule has 4 nitrogen and oxygen atoms in total. The first kappa shape index (κ1) is 15.8. The van der Waals surface area contributed by atoms with Crippen molar-refractivity contribution in [1.29, 1.82) is 0 Å². The highest BCUT2D eigenvalue weighted by atomic mass is 16.7. The van der Waals surface area contributed by atoms with Crippen LogP contribution in [-0.4, -0.2) is 30.9 Å². The average Bonchev–Trinajstić information content (AvgIpc) is 2.97. The first-order valence-electron chi connectivity index (χ1n) is 7.47. The second kappa shape index (κ2) is 4.74. The maximum atomic E-state index is 11.7. The Hall–Kier alpha value is -0.545. The second-order valence-corrected chi connectivity index (χ2v) is 8.13. The molecule has 0 N–H and O–H groups in total. The standard InChI is InChI=1S/C15H27BO4/c1-13(2,3)12(17)18-9-10-8-11(10)16-19-14(4,5)15(6,7)20-16/h10-11H,8-9H2,1-7H3. The van der Waals surface area contributed by atoms with Gasteiger partial charge in [-0.3, -0.25) is 4.79 Å². The van der Waals surface area contributed by atoms with Crippen molar-refractivity contribution in [2.24, 2.45) is 11.3 Å². The molecule has 0 aromatic rings. The van der Waals surface area contributed by atoms with Gasteiger partial charge in [-0.05, 0) is 60.8 Å². The molecule has 1 aliphatic heterocycles. The van der Waals surface area contributed by atoms with Crippen LogP contribution < -0.4 is 0 Å². The fraction of sp³-hybridized carbons (Fsp3) is 0.933. The number of ether oxygens (including phenoxy) is 1. The fourth-order valence-electron chi connectivity index (χ4n) is 2.26. The molecule has 2 aliphatic rings. The molecule has 2 unspecified atom stereocenters. The quantitative estimate of drug-likeness (QED) is 0.589. The van der Waals surface area contributed by atoms with Crippen molar-refractivity contribution in [3.8, 4) is 0 Å². The summed E-state index contributed by atoms with van der Waals surface area (Å²) in [4.78, 5) is 11.7. The predicted octanol–water partition coefficient (Wildman–Crippen LogP) is 3.06. The smallest absolute Gasteiger partial charge is 0.461 e. The van der Waals surface area contributed by atoms with Crippen LogP contribution in [-0.2, 0) is 18.8 Å². The predicted molar refractivity (Wildman–Crippen MR) is 78.4 cm³/mol. The number of hydrogen-bond donors (Lipinski definition) is 0. The Morgan fingerprint density at radius 2 is 1.70 bits per heavy atom. The molecule has 1 aliphatic carbocycles. The summed E-state index contributed by atoms with van der Waals surface area (Å²) in [7, 11) is -0.168. The Bertz CT molecular complexity index is 381. The van der Waals surface area contributed by atoms with E-state index < -0.39 is 5.41 Å². The van der Waals surface area contributed by atoms with Crippen LogP contribution in [0.1, 0.15) is 54.9 Å². The van der Waals surface area contributed by atoms with Crippen molar-refractivity contribution in [2.45, 2.75) is 71.9 Å². The zero-order valence-electron chi connectivity index (χ0n) is 13.8. The van der Waals surface area contributed by atoms with Crippen LogP contribution in [0.5, 0.6) is 0 Å². The van der Waals surface area contributed by atoms with E-state index in [-0.39, 0.29) is 24.3 Å². The third kappa shape index (κ3) is 3.04. The lowest BCUT2D eigenvalue weighted by atomic mass is 9.81. The van der Waals surface area contributed by atoms with Gasteiger partial charge < -0.3 is 14.0 Å². The van der Waals surface area contributed by atoms with Crippen LogP contribution >= 0.6 is 0 Å². The summed E-state index contributed by atoms with van der Waals surface area (Å²) in [6, 6.07) is 0. The summed E-state index contributed by atoms with van der Waals surface area (Å²) < 4.78 is 17.4. The van der Waals surface area contributed by atoms with E-state index in [1.54, 1.807) is 0 Å². The SMILES string of the molecule is CC(C)(C)C(=O)OCC1CC1B1OC(C)(C)C(C)(C)O1. The Balaban J connectivity index is 1.81. The summed E-state index contributed by atoms with van der Waals surface area (Å²) in [6.45, 7) is 14.3. The highest BCUT2D eigenvalue weighted by molar-refractivity contribution is 6.48. The molecule has 0 aromatic carbocycles. The molecular weight excluding hydrogens is 255 g/mol. The van der Waals surface area contributed by atoms with Gasteiger partial charge in [0.15, 0.2) is 0 Å². The van der Waals surface area contributed by atoms with Crippen LogP contribution in [0.3, 0.4) is 0 Å². The monoisotopic (exact) mass is 282 g/mol. The van der Waals surface area contributed by atoms with E-state index in [4.69, 9.17) is 14.0 Å². The Labute approximate surface area is 122 Å². The first-order chi connectivity index (χ1) is 8.94. The summed E-state index contributed by atoms with van der Waals surface area (Å²) in [6.07, 6.45) is 1.01. The van der Waals surface area contributed by atoms with Crippen LogP contribution in [0.25, 0.3) is 0 Å². The van der Waals surface area contributed by atoms with Crippen molar-refractivity contribution < 1.29 is 18.8 Å². The van der Waals surface area contributed by atoms with Crippen LogP contribution in [0.2, 0.25) is 5.82 Å². The van der Waals surface area contributed by atoms with E-state index >= 15 is 0 Å². The topological polar surface area (TPSA) is 44.8 Å². The molecule has 0 bridgehead atoms. The van der Waals surface area contributed by atoms with E-state index in [2.05, 4.69) is 27.7 Å². The second-order valence-electron chi connectivity index (χ2n) is 8.13. The Morgan fingerprint density at radius 3 is 2.15 bits per heavy atom. The number of carbonyl (C=O) groups is 1. The minimum atomic E-state index is -0.436. The number of hydrogen-bond acceptors (Lipinski definition) is 4. The van der Waals surface area contributed by atoms with Crippen LogP contribution in [0, 0.1) is 11.3 Å². The van der Waals surface area contributed by atoms with Gasteiger partial charge >= 0.3 is 13.1 Å². The maximum Gasteiger partial charge on any atom is 0.461 e. The van der Waals surface area contributed by atoms with E-state index in [0.717, 1.165) is 6.42 Å². The summed E-state index contributed by atoms with van der Waals surface area (Å²) in [5.41, 5.74) is -1.01. The lowest BCUT2D eigenvalue weighted by molar-refractivity contribution is -0.153. The molecule has 20 heavy (non-hydrogen) atoms. The highest BCUT2D eigenvalue weighted by Crippen LogP contribution is 2.53. The molecule has 2 rings (SSSR count). The number of esters is 1. The van der Waals surface area contributed by atoms with Gasteiger partial charge in [0, 0.05) is 5.82 Å². The minimum absolute atomic E-state index is 0.142. The Morgan fingerprint density at radius 1 is 1.20 bits per heavy atom. The number of rotatable bonds is 3. The highest BCUT2D eigenvalue weighted by Gasteiger charge is 2.59. The molecule has 2 atom stereocenters. The van der Waals surface area contributed by atoms with Crippen LogP contribution in [0.15, 0.2) is 0 Å². The third-order valence-electron chi connectivity index (χ3n) is 4.64. The van der Waals surface area contributed by atoms with Gasteiger partial charge in [0.2, 0.25) is 0 Å². The molecule has 0 amide bonds. The zero-order chi connectivity index (χ0) is 15.3. The Kier molecular flexibility index (Phi) is 3.75. The molecule has 0 spiro atoms. The maximum absolute atomic E-state index is 11.7. The van der Waals surface area contributed by atoms with Crippen LogP contribution in [0.4, 0.5) is 0 Å². The van der Waals surface area contributed by atoms with E-state index in [0.29, 0.717) is 18.3 Å². The number of carbonyl (C=O) groups excluding carboxylic acids is 1. The molecule has 1 saturated carbocycles. The molecule has 0 radical (unpaired) electrons. The molecule has 114 valence electrons. The molecule has 1 heterocycles. The largest absolute Gasteiger partial charge is 0.465 e. The minimum Gasteiger partial charge on any atom is -0.465 e. The molecular formula is C15H27BO4. The lowest BCUT2D eigenvalue weighted by Gasteiger charge is -2.32. The average molecular weight is 282 g/mol. The van der Waals surface area contributed by atoms with E-state index in [9.17, 15) is 4.79 Å². The van der Waals surface area contributed by atoms with Gasteiger partial charge in [0.1, 0.15) is 0 Å². The van der Waals surface area contributed by atoms with E-state index in [1.165, 1.54) is 0 Å². The van der Waals surface area contributed by atoms with Gasteiger partial charge in [-0.1, -0.05) is 0 Å². The molecule has 2 fully saturated rings. The normalized spacial score (nSPS) is 31.2. The van der Waals surface area contributed by atoms with Gasteiger partial charge in [0.05, 0.1) is 23.2 Å². The van der Waals surface area contributed by atoms with E-state index in [1.807, 2.05) is 20.8 Å². The van der Waals surface area contributed by atoms with Gasteiger partial charge in [-0.25, -0.2) is 0 Å². The van der Waals surface area contributed by atoms with Gasteiger partial charge in [-0.2, -0.15) is 0 Å². The van der Waals surface area contributed by atoms with Crippen molar-refractivity contribution in [2.75, 3.05) is 6.61 Å². The summed E-state index contributed by atoms with van der Waals surface area (Å²) >= 11 is 0. The lowest BCUT2D eigenvalue weighted by Crippen LogP contribution is -2.41. The third-order valence-corrected chi connectivity index (χ3v) is 4.64. The van der Waals surface area contributed by atoms with Gasteiger partial charge in [-0.15, -0.1) is 0 Å². The molecule has 5 heteroatoms.